The number of pyridine rings is 1. The van der Waals surface area contributed by atoms with Crippen LogP contribution in [0, 0.1) is 20.8 Å². The Morgan fingerprint density at radius 2 is 1.50 bits per heavy atom. The van der Waals surface area contributed by atoms with Gasteiger partial charge >= 0.3 is 0 Å². The van der Waals surface area contributed by atoms with Crippen LogP contribution in [-0.4, -0.2) is 5.21 Å². The van der Waals surface area contributed by atoms with E-state index in [1.165, 1.54) is 5.56 Å². The highest BCUT2D eigenvalue weighted by atomic mass is 16.5. The zero-order chi connectivity index (χ0) is 7.72. The maximum atomic E-state index is 9.04. The number of hydrogen-bond acceptors (Lipinski definition) is 1. The standard InChI is InChI=1S/C8H12NO/c1-6-4-9(10)5-7(2)8(6)3/h4-5,10H,1-3H3/q+1. The van der Waals surface area contributed by atoms with Gasteiger partial charge < -0.3 is 0 Å². The highest BCUT2D eigenvalue weighted by molar-refractivity contribution is 5.25. The first kappa shape index (κ1) is 7.06. The Balaban J connectivity index is 3.31. The predicted molar refractivity (Wildman–Crippen MR) is 38.0 cm³/mol. The van der Waals surface area contributed by atoms with Crippen molar-refractivity contribution in [2.75, 3.05) is 0 Å². The fraction of sp³-hybridized carbons (Fsp3) is 0.375. The van der Waals surface area contributed by atoms with Crippen LogP contribution in [0.25, 0.3) is 0 Å². The average Bonchev–Trinajstić information content (AvgIpc) is 1.82. The first-order valence-corrected chi connectivity index (χ1v) is 3.29. The molecule has 0 amide bonds. The van der Waals surface area contributed by atoms with E-state index >= 15 is 0 Å². The van der Waals surface area contributed by atoms with Crippen molar-refractivity contribution in [3.05, 3.63) is 29.1 Å². The lowest BCUT2D eigenvalue weighted by molar-refractivity contribution is -0.905. The van der Waals surface area contributed by atoms with Gasteiger partial charge in [-0.2, -0.15) is 0 Å². The molecule has 2 heteroatoms. The van der Waals surface area contributed by atoms with Crippen molar-refractivity contribution >= 4 is 0 Å². The number of nitrogens with zero attached hydrogens (tertiary/aromatic N) is 1. The second kappa shape index (κ2) is 2.29. The van der Waals surface area contributed by atoms with Gasteiger partial charge in [0, 0.05) is 15.9 Å². The lowest BCUT2D eigenvalue weighted by Crippen LogP contribution is -2.30. The van der Waals surface area contributed by atoms with Crippen molar-refractivity contribution in [1.82, 2.24) is 0 Å². The summed E-state index contributed by atoms with van der Waals surface area (Å²) in [4.78, 5) is 0. The molecular formula is C8H12NO+. The zero-order valence-electron chi connectivity index (χ0n) is 6.55. The van der Waals surface area contributed by atoms with E-state index in [2.05, 4.69) is 0 Å². The van der Waals surface area contributed by atoms with Gasteiger partial charge in [-0.05, 0) is 26.3 Å². The lowest BCUT2D eigenvalue weighted by Gasteiger charge is -1.97. The van der Waals surface area contributed by atoms with Crippen molar-refractivity contribution in [2.45, 2.75) is 20.8 Å². The summed E-state index contributed by atoms with van der Waals surface area (Å²) in [5, 5.41) is 9.04. The van der Waals surface area contributed by atoms with Crippen LogP contribution in [0.3, 0.4) is 0 Å². The lowest BCUT2D eigenvalue weighted by atomic mass is 10.1. The maximum absolute atomic E-state index is 9.04. The largest absolute Gasteiger partial charge is 0.285 e. The second-order valence-electron chi connectivity index (χ2n) is 2.63. The summed E-state index contributed by atoms with van der Waals surface area (Å²) in [5.74, 6) is 0. The summed E-state index contributed by atoms with van der Waals surface area (Å²) in [6, 6.07) is 0. The number of aryl methyl sites for hydroxylation is 2. The topological polar surface area (TPSA) is 24.1 Å². The third-order valence-electron chi connectivity index (χ3n) is 1.83. The van der Waals surface area contributed by atoms with Crippen LogP contribution in [-0.2, 0) is 0 Å². The van der Waals surface area contributed by atoms with Gasteiger partial charge in [0.2, 0.25) is 12.4 Å². The Kier molecular flexibility index (Phi) is 1.62. The van der Waals surface area contributed by atoms with Crippen LogP contribution < -0.4 is 4.73 Å². The van der Waals surface area contributed by atoms with Crippen LogP contribution in [0.4, 0.5) is 0 Å². The summed E-state index contributed by atoms with van der Waals surface area (Å²) >= 11 is 0. The van der Waals surface area contributed by atoms with Gasteiger partial charge in [0.25, 0.3) is 0 Å². The Hall–Kier alpha value is -1.05. The van der Waals surface area contributed by atoms with Crippen molar-refractivity contribution in [3.8, 4) is 0 Å². The van der Waals surface area contributed by atoms with Crippen LogP contribution >= 0.6 is 0 Å². The smallest absolute Gasteiger partial charge is 0.225 e. The maximum Gasteiger partial charge on any atom is 0.225 e. The predicted octanol–water partition coefficient (Wildman–Crippen LogP) is 1.14. The van der Waals surface area contributed by atoms with Gasteiger partial charge in [-0.1, -0.05) is 0 Å². The Labute approximate surface area is 60.7 Å². The molecule has 0 spiro atoms. The molecule has 0 radical (unpaired) electrons. The van der Waals surface area contributed by atoms with Crippen LogP contribution in [0.1, 0.15) is 16.7 Å². The minimum Gasteiger partial charge on any atom is -0.285 e. The van der Waals surface area contributed by atoms with Crippen molar-refractivity contribution in [2.24, 2.45) is 0 Å². The van der Waals surface area contributed by atoms with Crippen LogP contribution in [0.5, 0.6) is 0 Å². The van der Waals surface area contributed by atoms with E-state index < -0.39 is 0 Å². The van der Waals surface area contributed by atoms with Crippen LogP contribution in [0.2, 0.25) is 0 Å². The quantitative estimate of drug-likeness (QED) is 0.422. The van der Waals surface area contributed by atoms with Gasteiger partial charge in [-0.15, -0.1) is 0 Å². The number of hydrogen-bond donors (Lipinski definition) is 1. The molecular weight excluding hydrogens is 126 g/mol. The molecule has 0 aliphatic heterocycles. The van der Waals surface area contributed by atoms with Gasteiger partial charge in [-0.25, -0.2) is 0 Å². The Morgan fingerprint density at radius 3 is 1.90 bits per heavy atom. The fourth-order valence-electron chi connectivity index (χ4n) is 0.939. The molecule has 10 heavy (non-hydrogen) atoms. The van der Waals surface area contributed by atoms with Crippen molar-refractivity contribution in [3.63, 3.8) is 0 Å². The van der Waals surface area contributed by atoms with Crippen LogP contribution in [0.15, 0.2) is 12.4 Å². The summed E-state index contributed by atoms with van der Waals surface area (Å²) in [6.45, 7) is 6.01. The molecule has 0 unspecified atom stereocenters. The molecule has 0 saturated carbocycles. The van der Waals surface area contributed by atoms with E-state index in [1.807, 2.05) is 20.8 Å². The van der Waals surface area contributed by atoms with E-state index in [9.17, 15) is 0 Å². The molecule has 54 valence electrons. The van der Waals surface area contributed by atoms with Crippen molar-refractivity contribution in [1.29, 1.82) is 0 Å². The van der Waals surface area contributed by atoms with Gasteiger partial charge in [0.15, 0.2) is 0 Å². The zero-order valence-corrected chi connectivity index (χ0v) is 6.55. The molecule has 1 aromatic heterocycles. The van der Waals surface area contributed by atoms with E-state index in [0.717, 1.165) is 15.9 Å². The SMILES string of the molecule is Cc1c[n+](O)cc(C)c1C. The minimum atomic E-state index is 1.09. The second-order valence-corrected chi connectivity index (χ2v) is 2.63. The minimum absolute atomic E-state index is 1.09. The molecule has 0 bridgehead atoms. The first-order chi connectivity index (χ1) is 4.61. The number of aromatic nitrogens is 1. The summed E-state index contributed by atoms with van der Waals surface area (Å²) < 4.78 is 1.09. The van der Waals surface area contributed by atoms with Crippen molar-refractivity contribution < 1.29 is 9.94 Å². The average molecular weight is 138 g/mol. The molecule has 0 fully saturated rings. The molecule has 0 atom stereocenters. The summed E-state index contributed by atoms with van der Waals surface area (Å²) in [6.07, 6.45) is 3.39. The van der Waals surface area contributed by atoms with E-state index in [0.29, 0.717) is 0 Å². The summed E-state index contributed by atoms with van der Waals surface area (Å²) in [7, 11) is 0. The van der Waals surface area contributed by atoms with E-state index in [1.54, 1.807) is 12.4 Å². The Bertz CT molecular complexity index is 232. The van der Waals surface area contributed by atoms with E-state index in [4.69, 9.17) is 5.21 Å². The third kappa shape index (κ3) is 1.10. The highest BCUT2D eigenvalue weighted by Crippen LogP contribution is 2.06. The fourth-order valence-corrected chi connectivity index (χ4v) is 0.939. The molecule has 1 aromatic rings. The molecule has 2 nitrogen and oxygen atoms in total. The molecule has 1 rings (SSSR count). The third-order valence-corrected chi connectivity index (χ3v) is 1.83. The monoisotopic (exact) mass is 138 g/mol. The molecule has 1 N–H and O–H groups in total. The Morgan fingerprint density at radius 1 is 1.10 bits per heavy atom. The van der Waals surface area contributed by atoms with Gasteiger partial charge in [-0.3, -0.25) is 5.21 Å². The summed E-state index contributed by atoms with van der Waals surface area (Å²) in [5.41, 5.74) is 3.47. The molecule has 1 heterocycles. The van der Waals surface area contributed by atoms with E-state index in [-0.39, 0.29) is 0 Å². The number of rotatable bonds is 0. The molecule has 0 saturated heterocycles. The first-order valence-electron chi connectivity index (χ1n) is 3.29. The molecule has 0 aromatic carbocycles. The molecule has 0 aliphatic carbocycles. The van der Waals surface area contributed by atoms with Gasteiger partial charge in [0.1, 0.15) is 0 Å². The van der Waals surface area contributed by atoms with Gasteiger partial charge in [0.05, 0.1) is 0 Å². The molecule has 0 aliphatic rings. The highest BCUT2D eigenvalue weighted by Gasteiger charge is 2.04. The normalized spacial score (nSPS) is 9.90.